The molecule has 76 valence electrons. The van der Waals surface area contributed by atoms with E-state index in [1.165, 1.54) is 0 Å². The van der Waals surface area contributed by atoms with Crippen molar-refractivity contribution in [1.29, 1.82) is 0 Å². The summed E-state index contributed by atoms with van der Waals surface area (Å²) >= 11 is 1.54. The van der Waals surface area contributed by atoms with E-state index in [-0.39, 0.29) is 5.78 Å². The summed E-state index contributed by atoms with van der Waals surface area (Å²) in [5.74, 6) is 0.0879. The number of hydrogen-bond donors (Lipinski definition) is 0. The molecule has 0 unspecified atom stereocenters. The number of ketones is 1. The van der Waals surface area contributed by atoms with Crippen LogP contribution in [0.15, 0.2) is 11.6 Å². The Labute approximate surface area is 87.4 Å². The molecule has 0 saturated heterocycles. The fourth-order valence-corrected chi connectivity index (χ4v) is 2.22. The highest BCUT2D eigenvalue weighted by Crippen LogP contribution is 2.20. The molecule has 3 nitrogen and oxygen atoms in total. The molecule has 0 atom stereocenters. The SMILES string of the molecule is CC.CC(=O)c1c(C)nn2ccsc12. The van der Waals surface area contributed by atoms with Crippen molar-refractivity contribution in [1.82, 2.24) is 9.61 Å². The first-order valence-electron chi connectivity index (χ1n) is 4.63. The second-order valence-corrected chi connectivity index (χ2v) is 3.56. The molecule has 2 heterocycles. The van der Waals surface area contributed by atoms with Crippen LogP contribution in [-0.2, 0) is 0 Å². The number of aromatic nitrogens is 2. The van der Waals surface area contributed by atoms with Gasteiger partial charge in [-0.25, -0.2) is 4.52 Å². The van der Waals surface area contributed by atoms with Gasteiger partial charge in [0.1, 0.15) is 4.83 Å². The molecular weight excluding hydrogens is 196 g/mol. The molecule has 0 aliphatic rings. The van der Waals surface area contributed by atoms with E-state index in [0.717, 1.165) is 16.1 Å². The molecule has 4 heteroatoms. The smallest absolute Gasteiger partial charge is 0.164 e. The van der Waals surface area contributed by atoms with Crippen LogP contribution in [0, 0.1) is 6.92 Å². The average molecular weight is 210 g/mol. The van der Waals surface area contributed by atoms with Crippen molar-refractivity contribution >= 4 is 22.0 Å². The molecule has 14 heavy (non-hydrogen) atoms. The van der Waals surface area contributed by atoms with Crippen LogP contribution in [0.1, 0.15) is 36.8 Å². The van der Waals surface area contributed by atoms with E-state index < -0.39 is 0 Å². The number of aryl methyl sites for hydroxylation is 1. The molecule has 0 amide bonds. The molecule has 2 aromatic heterocycles. The monoisotopic (exact) mass is 210 g/mol. The normalized spacial score (nSPS) is 9.71. The summed E-state index contributed by atoms with van der Waals surface area (Å²) in [6, 6.07) is 0. The largest absolute Gasteiger partial charge is 0.294 e. The Morgan fingerprint density at radius 3 is 2.71 bits per heavy atom. The van der Waals surface area contributed by atoms with Crippen LogP contribution in [0.25, 0.3) is 4.83 Å². The minimum absolute atomic E-state index is 0.0879. The standard InChI is InChI=1S/C8H8N2OS.C2H6/c1-5-7(6(2)11)8-10(9-5)3-4-12-8;1-2/h3-4H,1-2H3;1-2H3. The highest BCUT2D eigenvalue weighted by Gasteiger charge is 2.13. The summed E-state index contributed by atoms with van der Waals surface area (Å²) < 4.78 is 1.75. The van der Waals surface area contributed by atoms with Crippen LogP contribution in [0.4, 0.5) is 0 Å². The van der Waals surface area contributed by atoms with Crippen molar-refractivity contribution < 1.29 is 4.79 Å². The molecule has 0 radical (unpaired) electrons. The van der Waals surface area contributed by atoms with Gasteiger partial charge in [-0.05, 0) is 13.8 Å². The fourth-order valence-electron chi connectivity index (χ4n) is 1.30. The van der Waals surface area contributed by atoms with Crippen LogP contribution in [0.2, 0.25) is 0 Å². The number of carbonyl (C=O) groups is 1. The molecule has 0 aliphatic heterocycles. The van der Waals surface area contributed by atoms with E-state index in [1.54, 1.807) is 22.8 Å². The Morgan fingerprint density at radius 2 is 2.14 bits per heavy atom. The summed E-state index contributed by atoms with van der Waals surface area (Å²) in [7, 11) is 0. The number of nitrogens with zero attached hydrogens (tertiary/aromatic N) is 2. The summed E-state index contributed by atoms with van der Waals surface area (Å²) in [5.41, 5.74) is 1.57. The van der Waals surface area contributed by atoms with E-state index in [9.17, 15) is 4.79 Å². The van der Waals surface area contributed by atoms with Crippen molar-refractivity contribution in [3.63, 3.8) is 0 Å². The van der Waals surface area contributed by atoms with Crippen LogP contribution >= 0.6 is 11.3 Å². The zero-order chi connectivity index (χ0) is 10.7. The lowest BCUT2D eigenvalue weighted by molar-refractivity contribution is 0.101. The number of hydrogen-bond acceptors (Lipinski definition) is 3. The van der Waals surface area contributed by atoms with E-state index in [2.05, 4.69) is 5.10 Å². The van der Waals surface area contributed by atoms with Crippen molar-refractivity contribution in [2.24, 2.45) is 0 Å². The highest BCUT2D eigenvalue weighted by atomic mass is 32.1. The third-order valence-corrected chi connectivity index (χ3v) is 2.65. The predicted molar refractivity (Wildman–Crippen MR) is 59.2 cm³/mol. The zero-order valence-corrected chi connectivity index (χ0v) is 9.68. The highest BCUT2D eigenvalue weighted by molar-refractivity contribution is 7.16. The first-order chi connectivity index (χ1) is 6.70. The van der Waals surface area contributed by atoms with E-state index in [0.29, 0.717) is 0 Å². The Kier molecular flexibility index (Phi) is 3.41. The van der Waals surface area contributed by atoms with Crippen LogP contribution in [-0.4, -0.2) is 15.4 Å². The summed E-state index contributed by atoms with van der Waals surface area (Å²) in [6.45, 7) is 7.43. The lowest BCUT2D eigenvalue weighted by atomic mass is 10.2. The summed E-state index contributed by atoms with van der Waals surface area (Å²) in [5, 5.41) is 6.13. The van der Waals surface area contributed by atoms with Crippen LogP contribution in [0.3, 0.4) is 0 Å². The van der Waals surface area contributed by atoms with Crippen molar-refractivity contribution in [2.45, 2.75) is 27.7 Å². The number of carbonyl (C=O) groups excluding carboxylic acids is 1. The number of fused-ring (bicyclic) bond motifs is 1. The zero-order valence-electron chi connectivity index (χ0n) is 8.87. The Bertz CT molecular complexity index is 442. The maximum absolute atomic E-state index is 11.2. The number of Topliss-reactive ketones (excluding diaryl/α,β-unsaturated/α-hetero) is 1. The van der Waals surface area contributed by atoms with E-state index in [1.807, 2.05) is 32.3 Å². The van der Waals surface area contributed by atoms with Gasteiger partial charge in [0.2, 0.25) is 0 Å². The van der Waals surface area contributed by atoms with Gasteiger partial charge in [-0.3, -0.25) is 4.79 Å². The topological polar surface area (TPSA) is 34.4 Å². The number of rotatable bonds is 1. The van der Waals surface area contributed by atoms with Crippen molar-refractivity contribution in [3.8, 4) is 0 Å². The average Bonchev–Trinajstić information content (AvgIpc) is 2.66. The van der Waals surface area contributed by atoms with Gasteiger partial charge in [-0.2, -0.15) is 5.10 Å². The third-order valence-electron chi connectivity index (χ3n) is 1.78. The van der Waals surface area contributed by atoms with Gasteiger partial charge in [-0.15, -0.1) is 11.3 Å². The lowest BCUT2D eigenvalue weighted by Crippen LogP contribution is -1.91. The summed E-state index contributed by atoms with van der Waals surface area (Å²) in [4.78, 5) is 12.1. The van der Waals surface area contributed by atoms with E-state index in [4.69, 9.17) is 0 Å². The maximum Gasteiger partial charge on any atom is 0.164 e. The van der Waals surface area contributed by atoms with Gasteiger partial charge >= 0.3 is 0 Å². The van der Waals surface area contributed by atoms with Crippen molar-refractivity contribution in [3.05, 3.63) is 22.8 Å². The van der Waals surface area contributed by atoms with Gasteiger partial charge in [0.15, 0.2) is 5.78 Å². The molecule has 0 N–H and O–H groups in total. The first kappa shape index (κ1) is 10.9. The van der Waals surface area contributed by atoms with Crippen LogP contribution < -0.4 is 0 Å². The molecule has 0 fully saturated rings. The van der Waals surface area contributed by atoms with Crippen LogP contribution in [0.5, 0.6) is 0 Å². The van der Waals surface area contributed by atoms with Gasteiger partial charge in [0.25, 0.3) is 0 Å². The molecular formula is C10H14N2OS. The quantitative estimate of drug-likeness (QED) is 0.678. The van der Waals surface area contributed by atoms with Gasteiger partial charge < -0.3 is 0 Å². The maximum atomic E-state index is 11.2. The Hall–Kier alpha value is -1.16. The second kappa shape index (κ2) is 4.37. The number of thiazole rings is 1. The Morgan fingerprint density at radius 1 is 1.50 bits per heavy atom. The lowest BCUT2D eigenvalue weighted by Gasteiger charge is -1.87. The predicted octanol–water partition coefficient (Wildman–Crippen LogP) is 2.93. The second-order valence-electron chi connectivity index (χ2n) is 2.67. The Balaban J connectivity index is 0.000000461. The molecule has 2 aromatic rings. The van der Waals surface area contributed by atoms with Gasteiger partial charge in [0.05, 0.1) is 11.3 Å². The third kappa shape index (κ3) is 1.70. The molecule has 0 bridgehead atoms. The van der Waals surface area contributed by atoms with E-state index >= 15 is 0 Å². The first-order valence-corrected chi connectivity index (χ1v) is 5.51. The van der Waals surface area contributed by atoms with Gasteiger partial charge in [0, 0.05) is 11.6 Å². The summed E-state index contributed by atoms with van der Waals surface area (Å²) in [6.07, 6.45) is 1.86. The van der Waals surface area contributed by atoms with Gasteiger partial charge in [-0.1, -0.05) is 13.8 Å². The van der Waals surface area contributed by atoms with Crippen molar-refractivity contribution in [2.75, 3.05) is 0 Å². The minimum Gasteiger partial charge on any atom is -0.294 e. The minimum atomic E-state index is 0.0879. The molecule has 0 spiro atoms. The molecule has 2 rings (SSSR count). The molecule has 0 aromatic carbocycles. The molecule has 0 aliphatic carbocycles. The fraction of sp³-hybridized carbons (Fsp3) is 0.400. The molecule has 0 saturated carbocycles.